The monoisotopic (exact) mass is 114 g/mol. The quantitative estimate of drug-likeness (QED) is 0.464. The predicted octanol–water partition coefficient (Wildman–Crippen LogP) is -0.318. The molecule has 8 heavy (non-hydrogen) atoms. The molecule has 1 aromatic heterocycles. The highest BCUT2D eigenvalue weighted by atomic mass is 16.5. The van der Waals surface area contributed by atoms with Gasteiger partial charge in [0.25, 0.3) is 0 Å². The van der Waals surface area contributed by atoms with Crippen LogP contribution in [0.2, 0.25) is 0 Å². The summed E-state index contributed by atoms with van der Waals surface area (Å²) in [6.45, 7) is 1.63. The Morgan fingerprint density at radius 2 is 2.38 bits per heavy atom. The molecule has 0 aliphatic rings. The van der Waals surface area contributed by atoms with Gasteiger partial charge in [0.15, 0.2) is 0 Å². The van der Waals surface area contributed by atoms with E-state index in [0.717, 1.165) is 4.74 Å². The molecule has 0 saturated carbocycles. The van der Waals surface area contributed by atoms with Crippen LogP contribution in [0.15, 0.2) is 9.32 Å². The molecule has 0 radical (unpaired) electrons. The van der Waals surface area contributed by atoms with Crippen LogP contribution in [-0.2, 0) is 7.05 Å². The number of aromatic nitrogens is 2. The average Bonchev–Trinajstić information content (AvgIpc) is 1.85. The summed E-state index contributed by atoms with van der Waals surface area (Å²) in [5.74, 6) is 0.400. The fraction of sp³-hybridized carbons (Fsp3) is 0.500. The third-order valence-electron chi connectivity index (χ3n) is 0.792. The number of rotatable bonds is 0. The zero-order valence-corrected chi connectivity index (χ0v) is 4.71. The molecule has 1 aromatic rings. The molecule has 0 aliphatic heterocycles. The van der Waals surface area contributed by atoms with Crippen LogP contribution in [0, 0.1) is 6.92 Å². The molecule has 1 rings (SSSR count). The van der Waals surface area contributed by atoms with Crippen LogP contribution in [0.25, 0.3) is 0 Å². The van der Waals surface area contributed by atoms with E-state index in [9.17, 15) is 4.79 Å². The Bertz CT molecular complexity index is 234. The van der Waals surface area contributed by atoms with Crippen LogP contribution in [0.4, 0.5) is 0 Å². The summed E-state index contributed by atoms with van der Waals surface area (Å²) >= 11 is 0. The molecule has 0 unspecified atom stereocenters. The van der Waals surface area contributed by atoms with Gasteiger partial charge in [0.1, 0.15) is 0 Å². The molecule has 4 nitrogen and oxygen atoms in total. The Hall–Kier alpha value is -1.06. The van der Waals surface area contributed by atoms with E-state index in [4.69, 9.17) is 4.52 Å². The Kier molecular flexibility index (Phi) is 0.932. The number of nitrogens with zero attached hydrogens (tertiary/aromatic N) is 2. The van der Waals surface area contributed by atoms with E-state index in [1.807, 2.05) is 0 Å². The van der Waals surface area contributed by atoms with Crippen LogP contribution in [0.1, 0.15) is 5.89 Å². The summed E-state index contributed by atoms with van der Waals surface area (Å²) in [5.41, 5.74) is -0.345. The van der Waals surface area contributed by atoms with Gasteiger partial charge < -0.3 is 4.52 Å². The van der Waals surface area contributed by atoms with Crippen molar-refractivity contribution in [2.45, 2.75) is 6.92 Å². The van der Waals surface area contributed by atoms with Crippen molar-refractivity contribution in [2.24, 2.45) is 7.05 Å². The minimum Gasteiger partial charge on any atom is -0.360 e. The Morgan fingerprint density at radius 1 is 1.75 bits per heavy atom. The van der Waals surface area contributed by atoms with Crippen molar-refractivity contribution in [3.8, 4) is 0 Å². The lowest BCUT2D eigenvalue weighted by molar-refractivity contribution is 0.282. The lowest BCUT2D eigenvalue weighted by Crippen LogP contribution is -2.11. The van der Waals surface area contributed by atoms with Crippen LogP contribution < -0.4 is 5.69 Å². The second-order valence-corrected chi connectivity index (χ2v) is 1.50. The molecular weight excluding hydrogens is 108 g/mol. The lowest BCUT2D eigenvalue weighted by atomic mass is 10.8. The molecule has 0 aromatic carbocycles. The van der Waals surface area contributed by atoms with Gasteiger partial charge in [-0.1, -0.05) is 0 Å². The van der Waals surface area contributed by atoms with Gasteiger partial charge in [-0.15, -0.1) is 0 Å². The summed E-state index contributed by atoms with van der Waals surface area (Å²) in [6.07, 6.45) is 0. The van der Waals surface area contributed by atoms with Gasteiger partial charge in [-0.25, -0.2) is 4.79 Å². The Morgan fingerprint density at radius 3 is 2.50 bits per heavy atom. The van der Waals surface area contributed by atoms with Crippen LogP contribution in [0.5, 0.6) is 0 Å². The van der Waals surface area contributed by atoms with E-state index in [1.54, 1.807) is 6.92 Å². The van der Waals surface area contributed by atoms with Crippen molar-refractivity contribution in [3.63, 3.8) is 0 Å². The number of aryl methyl sites for hydroxylation is 2. The Balaban J connectivity index is 3.35. The maximum Gasteiger partial charge on any atom is 0.379 e. The first kappa shape index (κ1) is 5.08. The molecule has 0 saturated heterocycles. The van der Waals surface area contributed by atoms with E-state index in [2.05, 4.69) is 4.98 Å². The average molecular weight is 114 g/mol. The van der Waals surface area contributed by atoms with Gasteiger partial charge in [0.05, 0.1) is 7.05 Å². The van der Waals surface area contributed by atoms with Crippen molar-refractivity contribution in [1.82, 2.24) is 9.72 Å². The molecule has 0 fully saturated rings. The number of hydrogen-bond donors (Lipinski definition) is 0. The third-order valence-corrected chi connectivity index (χ3v) is 0.792. The highest BCUT2D eigenvalue weighted by molar-refractivity contribution is 4.67. The first-order valence-corrected chi connectivity index (χ1v) is 2.21. The van der Waals surface area contributed by atoms with Gasteiger partial charge in [-0.05, 0) is 0 Å². The standard InChI is InChI=1S/C4H6N2O2/c1-3-5-4(7)6(2)8-3/h1-2H3. The molecule has 44 valence electrons. The summed E-state index contributed by atoms with van der Waals surface area (Å²) in [5, 5.41) is 0. The van der Waals surface area contributed by atoms with Crippen LogP contribution >= 0.6 is 0 Å². The summed E-state index contributed by atoms with van der Waals surface area (Å²) in [7, 11) is 1.52. The van der Waals surface area contributed by atoms with Crippen LogP contribution in [0.3, 0.4) is 0 Å². The van der Waals surface area contributed by atoms with Gasteiger partial charge >= 0.3 is 5.69 Å². The third kappa shape index (κ3) is 0.641. The second-order valence-electron chi connectivity index (χ2n) is 1.50. The first-order valence-electron chi connectivity index (χ1n) is 2.21. The van der Waals surface area contributed by atoms with Crippen molar-refractivity contribution in [3.05, 3.63) is 16.4 Å². The van der Waals surface area contributed by atoms with Gasteiger partial charge in [-0.2, -0.15) is 9.72 Å². The van der Waals surface area contributed by atoms with Crippen molar-refractivity contribution in [1.29, 1.82) is 0 Å². The molecular formula is C4H6N2O2. The minimum atomic E-state index is -0.345. The maximum atomic E-state index is 10.4. The fourth-order valence-corrected chi connectivity index (χ4v) is 0.463. The van der Waals surface area contributed by atoms with Gasteiger partial charge in [-0.3, -0.25) is 0 Å². The zero-order valence-electron chi connectivity index (χ0n) is 4.71. The molecule has 4 heteroatoms. The molecule has 0 atom stereocenters. The van der Waals surface area contributed by atoms with E-state index < -0.39 is 0 Å². The lowest BCUT2D eigenvalue weighted by Gasteiger charge is -1.77. The smallest absolute Gasteiger partial charge is 0.360 e. The summed E-state index contributed by atoms with van der Waals surface area (Å²) in [4.78, 5) is 13.8. The molecule has 0 bridgehead atoms. The Labute approximate surface area is 45.7 Å². The van der Waals surface area contributed by atoms with Crippen molar-refractivity contribution < 1.29 is 4.52 Å². The maximum absolute atomic E-state index is 10.4. The predicted molar refractivity (Wildman–Crippen MR) is 26.5 cm³/mol. The van der Waals surface area contributed by atoms with Crippen LogP contribution in [-0.4, -0.2) is 9.72 Å². The normalized spacial score (nSPS) is 9.75. The topological polar surface area (TPSA) is 48.0 Å². The SMILES string of the molecule is Cc1nc(=O)n(C)o1. The summed E-state index contributed by atoms with van der Waals surface area (Å²) in [6, 6.07) is 0. The first-order chi connectivity index (χ1) is 3.70. The van der Waals surface area contributed by atoms with E-state index in [1.165, 1.54) is 7.05 Å². The van der Waals surface area contributed by atoms with E-state index in [0.29, 0.717) is 5.89 Å². The zero-order chi connectivity index (χ0) is 6.15. The van der Waals surface area contributed by atoms with E-state index >= 15 is 0 Å². The minimum absolute atomic E-state index is 0.345. The molecule has 0 N–H and O–H groups in total. The number of hydrogen-bond acceptors (Lipinski definition) is 3. The summed E-state index contributed by atoms with van der Waals surface area (Å²) < 4.78 is 5.79. The van der Waals surface area contributed by atoms with Gasteiger partial charge in [0, 0.05) is 6.92 Å². The fourth-order valence-electron chi connectivity index (χ4n) is 0.463. The second kappa shape index (κ2) is 1.47. The molecule has 0 amide bonds. The highest BCUT2D eigenvalue weighted by Gasteiger charge is 1.94. The molecule has 0 spiro atoms. The molecule has 0 aliphatic carbocycles. The molecule has 1 heterocycles. The van der Waals surface area contributed by atoms with Crippen molar-refractivity contribution in [2.75, 3.05) is 0 Å². The van der Waals surface area contributed by atoms with Gasteiger partial charge in [0.2, 0.25) is 5.89 Å². The van der Waals surface area contributed by atoms with E-state index in [-0.39, 0.29) is 5.69 Å². The van der Waals surface area contributed by atoms with Crippen molar-refractivity contribution >= 4 is 0 Å². The largest absolute Gasteiger partial charge is 0.379 e. The highest BCUT2D eigenvalue weighted by Crippen LogP contribution is 1.81.